The summed E-state index contributed by atoms with van der Waals surface area (Å²) in [5.74, 6) is 1.07. The first-order valence-corrected chi connectivity index (χ1v) is 11.9. The van der Waals surface area contributed by atoms with Crippen molar-refractivity contribution in [3.8, 4) is 28.0 Å². The van der Waals surface area contributed by atoms with Gasteiger partial charge in [-0.1, -0.05) is 35.9 Å². The Bertz CT molecular complexity index is 1230. The molecule has 2 aromatic carbocycles. The third-order valence-corrected chi connectivity index (χ3v) is 7.02. The zero-order valence-corrected chi connectivity index (χ0v) is 19.9. The first-order valence-electron chi connectivity index (χ1n) is 11.5. The zero-order valence-electron chi connectivity index (χ0n) is 19.1. The normalized spacial score (nSPS) is 17.0. The third kappa shape index (κ3) is 4.17. The average molecular weight is 478 g/mol. The van der Waals surface area contributed by atoms with E-state index >= 15 is 0 Å². The number of pyridine rings is 1. The summed E-state index contributed by atoms with van der Waals surface area (Å²) in [5.41, 5.74) is 9.81. The van der Waals surface area contributed by atoms with E-state index in [4.69, 9.17) is 17.3 Å². The summed E-state index contributed by atoms with van der Waals surface area (Å²) in [4.78, 5) is 22.5. The SMILES string of the molecule is CN1CCN(c2ccc(-c3cccc(-c4ccnc(N5CCC(N)CC5)c4)c3O)cc2Cl)C1=O. The van der Waals surface area contributed by atoms with Gasteiger partial charge in [0.1, 0.15) is 11.6 Å². The Balaban J connectivity index is 1.45. The molecule has 2 aliphatic heterocycles. The second-order valence-electron chi connectivity index (χ2n) is 8.95. The number of piperidine rings is 1. The molecule has 34 heavy (non-hydrogen) atoms. The molecule has 0 radical (unpaired) electrons. The average Bonchev–Trinajstić information content (AvgIpc) is 3.17. The first kappa shape index (κ1) is 22.5. The van der Waals surface area contributed by atoms with Crippen molar-refractivity contribution in [1.82, 2.24) is 9.88 Å². The van der Waals surface area contributed by atoms with Crippen molar-refractivity contribution < 1.29 is 9.90 Å². The van der Waals surface area contributed by atoms with Gasteiger partial charge in [0.2, 0.25) is 0 Å². The van der Waals surface area contributed by atoms with Gasteiger partial charge in [-0.2, -0.15) is 0 Å². The van der Waals surface area contributed by atoms with Gasteiger partial charge in [-0.3, -0.25) is 4.90 Å². The van der Waals surface area contributed by atoms with E-state index in [-0.39, 0.29) is 17.8 Å². The minimum atomic E-state index is -0.0660. The number of nitrogens with two attached hydrogens (primary N) is 1. The molecule has 0 unspecified atom stereocenters. The number of likely N-dealkylation sites (N-methyl/N-ethyl adjacent to an activating group) is 1. The lowest BCUT2D eigenvalue weighted by atomic mass is 9.97. The first-order chi connectivity index (χ1) is 16.4. The van der Waals surface area contributed by atoms with Gasteiger partial charge in [-0.05, 0) is 48.2 Å². The number of nitrogens with zero attached hydrogens (tertiary/aromatic N) is 4. The van der Waals surface area contributed by atoms with Crippen molar-refractivity contribution in [2.75, 3.05) is 43.0 Å². The fourth-order valence-corrected chi connectivity index (χ4v) is 4.94. The van der Waals surface area contributed by atoms with E-state index < -0.39 is 0 Å². The number of amides is 2. The van der Waals surface area contributed by atoms with Crippen LogP contribution in [-0.4, -0.2) is 60.3 Å². The number of hydrogen-bond acceptors (Lipinski definition) is 5. The molecular formula is C26H28ClN5O2. The number of para-hydroxylation sites is 1. The van der Waals surface area contributed by atoms with Crippen molar-refractivity contribution in [3.05, 3.63) is 59.8 Å². The molecule has 1 aromatic heterocycles. The molecule has 176 valence electrons. The van der Waals surface area contributed by atoms with Crippen LogP contribution in [0.1, 0.15) is 12.8 Å². The van der Waals surface area contributed by atoms with Crippen molar-refractivity contribution in [1.29, 1.82) is 0 Å². The van der Waals surface area contributed by atoms with Gasteiger partial charge >= 0.3 is 6.03 Å². The predicted octanol–water partition coefficient (Wildman–Crippen LogP) is 4.57. The molecule has 0 bridgehead atoms. The number of urea groups is 1. The minimum Gasteiger partial charge on any atom is -0.507 e. The lowest BCUT2D eigenvalue weighted by Crippen LogP contribution is -2.40. The highest BCUT2D eigenvalue weighted by molar-refractivity contribution is 6.34. The number of carbonyl (C=O) groups excluding carboxylic acids is 1. The number of hydrogen-bond donors (Lipinski definition) is 2. The van der Waals surface area contributed by atoms with Crippen LogP contribution in [0.15, 0.2) is 54.7 Å². The largest absolute Gasteiger partial charge is 0.507 e. The topological polar surface area (TPSA) is 85.9 Å². The van der Waals surface area contributed by atoms with Gasteiger partial charge < -0.3 is 20.6 Å². The number of rotatable bonds is 4. The number of carbonyl (C=O) groups is 1. The Labute approximate surface area is 204 Å². The molecule has 2 amide bonds. The summed E-state index contributed by atoms with van der Waals surface area (Å²) < 4.78 is 0. The molecule has 2 saturated heterocycles. The van der Waals surface area contributed by atoms with Gasteiger partial charge in [0.25, 0.3) is 0 Å². The molecule has 2 fully saturated rings. The lowest BCUT2D eigenvalue weighted by Gasteiger charge is -2.31. The van der Waals surface area contributed by atoms with E-state index in [2.05, 4.69) is 9.88 Å². The van der Waals surface area contributed by atoms with Crippen molar-refractivity contribution >= 4 is 29.1 Å². The van der Waals surface area contributed by atoms with Crippen LogP contribution >= 0.6 is 11.6 Å². The maximum absolute atomic E-state index is 12.4. The van der Waals surface area contributed by atoms with Crippen LogP contribution in [0.25, 0.3) is 22.3 Å². The summed E-state index contributed by atoms with van der Waals surface area (Å²) in [6.07, 6.45) is 3.67. The molecule has 3 aromatic rings. The summed E-state index contributed by atoms with van der Waals surface area (Å²) >= 11 is 6.58. The van der Waals surface area contributed by atoms with Gasteiger partial charge in [-0.25, -0.2) is 9.78 Å². The van der Waals surface area contributed by atoms with E-state index in [1.165, 1.54) is 0 Å². The fraction of sp³-hybridized carbons (Fsp3) is 0.308. The van der Waals surface area contributed by atoms with Crippen LogP contribution in [0.5, 0.6) is 5.75 Å². The number of aromatic nitrogens is 1. The molecule has 3 N–H and O–H groups in total. The maximum atomic E-state index is 12.4. The number of anilines is 2. The molecule has 0 saturated carbocycles. The monoisotopic (exact) mass is 477 g/mol. The molecule has 7 nitrogen and oxygen atoms in total. The fourth-order valence-electron chi connectivity index (χ4n) is 4.66. The van der Waals surface area contributed by atoms with Crippen LogP contribution in [0.2, 0.25) is 5.02 Å². The molecule has 0 spiro atoms. The smallest absolute Gasteiger partial charge is 0.324 e. The Morgan fingerprint density at radius 2 is 1.71 bits per heavy atom. The van der Waals surface area contributed by atoms with Crippen LogP contribution in [-0.2, 0) is 0 Å². The number of phenolic OH excluding ortho intramolecular Hbond substituents is 1. The number of phenols is 1. The predicted molar refractivity (Wildman–Crippen MR) is 137 cm³/mol. The Kier molecular flexibility index (Phi) is 6.06. The second kappa shape index (κ2) is 9.16. The maximum Gasteiger partial charge on any atom is 0.324 e. The third-order valence-electron chi connectivity index (χ3n) is 6.72. The van der Waals surface area contributed by atoms with Crippen LogP contribution in [0.4, 0.5) is 16.3 Å². The number of benzene rings is 2. The van der Waals surface area contributed by atoms with Crippen LogP contribution in [0, 0.1) is 0 Å². The Morgan fingerprint density at radius 3 is 2.35 bits per heavy atom. The Hall–Kier alpha value is -3.29. The van der Waals surface area contributed by atoms with Crippen LogP contribution in [0.3, 0.4) is 0 Å². The minimum absolute atomic E-state index is 0.0660. The zero-order chi connectivity index (χ0) is 23.8. The molecule has 8 heteroatoms. The molecule has 3 heterocycles. The molecule has 0 aliphatic carbocycles. The lowest BCUT2D eigenvalue weighted by molar-refractivity contribution is 0.229. The second-order valence-corrected chi connectivity index (χ2v) is 9.36. The van der Waals surface area contributed by atoms with Crippen molar-refractivity contribution in [2.45, 2.75) is 18.9 Å². The number of halogens is 1. The van der Waals surface area contributed by atoms with Crippen molar-refractivity contribution in [3.63, 3.8) is 0 Å². The molecule has 2 aliphatic rings. The van der Waals surface area contributed by atoms with Gasteiger partial charge in [0.15, 0.2) is 0 Å². The van der Waals surface area contributed by atoms with Gasteiger partial charge in [0.05, 0.1) is 10.7 Å². The summed E-state index contributed by atoms with van der Waals surface area (Å²) in [7, 11) is 1.78. The van der Waals surface area contributed by atoms with E-state index in [0.717, 1.165) is 48.4 Å². The highest BCUT2D eigenvalue weighted by Gasteiger charge is 2.28. The van der Waals surface area contributed by atoms with Gasteiger partial charge in [0, 0.05) is 56.6 Å². The standard InChI is InChI=1S/C26H28ClN5O2/c1-30-13-14-32(26(30)34)23-6-5-17(15-22(23)27)20-3-2-4-21(25(20)33)18-7-10-29-24(16-18)31-11-8-19(28)9-12-31/h2-7,10,15-16,19,33H,8-9,11-14,28H2,1H3. The number of aromatic hydroxyl groups is 1. The highest BCUT2D eigenvalue weighted by atomic mass is 35.5. The highest BCUT2D eigenvalue weighted by Crippen LogP contribution is 2.41. The van der Waals surface area contributed by atoms with Crippen molar-refractivity contribution in [2.24, 2.45) is 5.73 Å². The quantitative estimate of drug-likeness (QED) is 0.574. The molecule has 5 rings (SSSR count). The van der Waals surface area contributed by atoms with Gasteiger partial charge in [-0.15, -0.1) is 0 Å². The van der Waals surface area contributed by atoms with E-state index in [0.29, 0.717) is 29.4 Å². The van der Waals surface area contributed by atoms with E-state index in [1.54, 1.807) is 29.1 Å². The van der Waals surface area contributed by atoms with E-state index in [9.17, 15) is 9.90 Å². The summed E-state index contributed by atoms with van der Waals surface area (Å²) in [5, 5.41) is 11.7. The van der Waals surface area contributed by atoms with E-state index in [1.807, 2.05) is 42.5 Å². The molecular weight excluding hydrogens is 450 g/mol. The summed E-state index contributed by atoms with van der Waals surface area (Å²) in [6.45, 7) is 3.02. The van der Waals surface area contributed by atoms with Crippen LogP contribution < -0.4 is 15.5 Å². The summed E-state index contributed by atoms with van der Waals surface area (Å²) in [6, 6.07) is 15.3. The molecule has 0 atom stereocenters. The Morgan fingerprint density at radius 1 is 1.00 bits per heavy atom.